The van der Waals surface area contributed by atoms with Crippen LogP contribution in [0.3, 0.4) is 0 Å². The SMILES string of the molecule is CC1(C)c2ccccc2-c2ccc(-c3ccccc3-c3ccc4c(c3)c3cc(-c5cccc(C6N=C(c7ccccc7)N=C(C7=CC=CCC7)N6)c5)ccc3n4-c3cccc(-c4ccccc4)c3)cc21. The number of aliphatic imine (C=N–C) groups is 2. The molecule has 0 bridgehead atoms. The molecule has 4 heteroatoms. The number of benzene rings is 9. The van der Waals surface area contributed by atoms with Crippen molar-refractivity contribution in [1.82, 2.24) is 9.88 Å². The summed E-state index contributed by atoms with van der Waals surface area (Å²) in [5, 5.41) is 6.13. The maximum absolute atomic E-state index is 5.23. The smallest absolute Gasteiger partial charge is 0.159 e. The molecule has 1 aliphatic heterocycles. The van der Waals surface area contributed by atoms with Crippen molar-refractivity contribution in [3.05, 3.63) is 258 Å². The van der Waals surface area contributed by atoms with E-state index in [1.54, 1.807) is 0 Å². The first-order valence-electron chi connectivity index (χ1n) is 24.5. The summed E-state index contributed by atoms with van der Waals surface area (Å²) in [6, 6.07) is 77.7. The van der Waals surface area contributed by atoms with Gasteiger partial charge in [0.25, 0.3) is 0 Å². The zero-order chi connectivity index (χ0) is 46.8. The molecule has 334 valence electrons. The maximum Gasteiger partial charge on any atom is 0.159 e. The van der Waals surface area contributed by atoms with E-state index in [2.05, 4.69) is 248 Å². The van der Waals surface area contributed by atoms with Gasteiger partial charge in [-0.15, -0.1) is 0 Å². The summed E-state index contributed by atoms with van der Waals surface area (Å²) in [6.07, 6.45) is 8.17. The third-order valence-electron chi connectivity index (χ3n) is 14.7. The van der Waals surface area contributed by atoms with E-state index < -0.39 is 0 Å². The minimum absolute atomic E-state index is 0.0837. The average molecular weight is 899 g/mol. The summed E-state index contributed by atoms with van der Waals surface area (Å²) in [5.74, 6) is 1.64. The Morgan fingerprint density at radius 2 is 1.07 bits per heavy atom. The lowest BCUT2D eigenvalue weighted by Crippen LogP contribution is -2.34. The van der Waals surface area contributed by atoms with Crippen LogP contribution in [0.1, 0.15) is 55.1 Å². The van der Waals surface area contributed by atoms with Crippen molar-refractivity contribution in [2.45, 2.75) is 38.3 Å². The van der Waals surface area contributed by atoms with Crippen LogP contribution in [0.4, 0.5) is 0 Å². The fourth-order valence-electron chi connectivity index (χ4n) is 11.2. The van der Waals surface area contributed by atoms with Crippen LogP contribution in [0.15, 0.2) is 246 Å². The Morgan fingerprint density at radius 3 is 1.81 bits per heavy atom. The highest BCUT2D eigenvalue weighted by Crippen LogP contribution is 2.50. The second-order valence-electron chi connectivity index (χ2n) is 19.3. The molecule has 4 nitrogen and oxygen atoms in total. The highest BCUT2D eigenvalue weighted by Gasteiger charge is 2.35. The van der Waals surface area contributed by atoms with Crippen molar-refractivity contribution in [1.29, 1.82) is 0 Å². The Hall–Kier alpha value is -8.60. The van der Waals surface area contributed by atoms with Crippen LogP contribution >= 0.6 is 0 Å². The lowest BCUT2D eigenvalue weighted by Gasteiger charge is -2.25. The Labute approximate surface area is 409 Å². The minimum Gasteiger partial charge on any atom is -0.344 e. The number of allylic oxidation sites excluding steroid dienone is 3. The van der Waals surface area contributed by atoms with Crippen LogP contribution in [0, 0.1) is 0 Å². The molecule has 1 unspecified atom stereocenters. The summed E-state index contributed by atoms with van der Waals surface area (Å²) in [5.41, 5.74) is 21.6. The van der Waals surface area contributed by atoms with E-state index in [1.807, 2.05) is 6.07 Å². The van der Waals surface area contributed by atoms with E-state index >= 15 is 0 Å². The molecule has 9 aromatic carbocycles. The van der Waals surface area contributed by atoms with Crippen LogP contribution in [0.2, 0.25) is 0 Å². The highest BCUT2D eigenvalue weighted by molar-refractivity contribution is 6.14. The molecule has 1 N–H and O–H groups in total. The summed E-state index contributed by atoms with van der Waals surface area (Å²) < 4.78 is 2.44. The van der Waals surface area contributed by atoms with Gasteiger partial charge in [0.1, 0.15) is 12.0 Å². The predicted octanol–water partition coefficient (Wildman–Crippen LogP) is 16.5. The second-order valence-corrected chi connectivity index (χ2v) is 19.3. The Morgan fingerprint density at radius 1 is 0.486 bits per heavy atom. The molecule has 0 saturated carbocycles. The standard InChI is InChI=1S/C66H50N4/c1-66(2)59-31-15-14-30-55(59)56-35-32-50(42-60(56)66)54-29-13-12-28-53(54)49-34-37-62-58(41-49)57-40-48(33-36-61(57)70(62)52-27-17-25-47(39-52)43-18-6-3-7-19-43)46-24-16-26-51(38-46)65-68-63(44-20-8-4-9-21-44)67-64(69-65)45-22-10-5-11-23-45/h3-10,12-22,24-42,65H,11,23H2,1-2H3,(H,67,68,69). The fraction of sp³-hybridized carbons (Fsp3) is 0.0909. The Balaban J connectivity index is 0.943. The van der Waals surface area contributed by atoms with Crippen molar-refractivity contribution in [2.75, 3.05) is 0 Å². The van der Waals surface area contributed by atoms with Gasteiger partial charge in [-0.2, -0.15) is 0 Å². The molecular formula is C66H50N4. The van der Waals surface area contributed by atoms with Crippen LogP contribution in [-0.4, -0.2) is 16.2 Å². The van der Waals surface area contributed by atoms with Gasteiger partial charge in [0.05, 0.1) is 11.0 Å². The van der Waals surface area contributed by atoms with Gasteiger partial charge >= 0.3 is 0 Å². The van der Waals surface area contributed by atoms with Crippen LogP contribution in [0.25, 0.3) is 83.1 Å². The zero-order valence-electron chi connectivity index (χ0n) is 39.3. The van der Waals surface area contributed by atoms with E-state index in [4.69, 9.17) is 9.98 Å². The van der Waals surface area contributed by atoms with Gasteiger partial charge in [-0.1, -0.05) is 196 Å². The van der Waals surface area contributed by atoms with Gasteiger partial charge in [-0.25, -0.2) is 9.98 Å². The average Bonchev–Trinajstić information content (AvgIpc) is 3.88. The molecule has 10 aromatic rings. The normalized spacial score (nSPS) is 15.7. The molecular weight excluding hydrogens is 849 g/mol. The highest BCUT2D eigenvalue weighted by atomic mass is 15.2. The van der Waals surface area contributed by atoms with Crippen LogP contribution in [-0.2, 0) is 5.41 Å². The number of aromatic nitrogens is 1. The number of amidine groups is 2. The van der Waals surface area contributed by atoms with E-state index in [0.29, 0.717) is 0 Å². The number of nitrogens with one attached hydrogen (secondary N) is 1. The van der Waals surface area contributed by atoms with Crippen molar-refractivity contribution < 1.29 is 0 Å². The molecule has 0 saturated heterocycles. The van der Waals surface area contributed by atoms with Gasteiger partial charge in [0.15, 0.2) is 5.84 Å². The van der Waals surface area contributed by atoms with Crippen molar-refractivity contribution in [2.24, 2.45) is 9.98 Å². The first-order chi connectivity index (χ1) is 34.4. The van der Waals surface area contributed by atoms with Gasteiger partial charge in [-0.05, 0) is 139 Å². The number of nitrogens with zero attached hydrogens (tertiary/aromatic N) is 3. The lowest BCUT2D eigenvalue weighted by atomic mass is 9.81. The molecule has 0 radical (unpaired) electrons. The third kappa shape index (κ3) is 7.14. The predicted molar refractivity (Wildman–Crippen MR) is 293 cm³/mol. The number of rotatable bonds is 8. The summed E-state index contributed by atoms with van der Waals surface area (Å²) in [4.78, 5) is 10.3. The number of hydrogen-bond acceptors (Lipinski definition) is 3. The van der Waals surface area contributed by atoms with Crippen LogP contribution < -0.4 is 5.32 Å². The first-order valence-corrected chi connectivity index (χ1v) is 24.5. The summed E-state index contributed by atoms with van der Waals surface area (Å²) in [6.45, 7) is 4.72. The maximum atomic E-state index is 5.23. The number of fused-ring (bicyclic) bond motifs is 6. The molecule has 0 spiro atoms. The monoisotopic (exact) mass is 898 g/mol. The fourth-order valence-corrected chi connectivity index (χ4v) is 11.2. The molecule has 70 heavy (non-hydrogen) atoms. The van der Waals surface area contributed by atoms with Crippen molar-refractivity contribution >= 4 is 33.5 Å². The molecule has 0 fully saturated rings. The zero-order valence-corrected chi connectivity index (χ0v) is 39.3. The molecule has 1 aromatic heterocycles. The molecule has 1 atom stereocenters. The molecule has 2 aliphatic carbocycles. The van der Waals surface area contributed by atoms with E-state index in [9.17, 15) is 0 Å². The quantitative estimate of drug-likeness (QED) is 0.162. The van der Waals surface area contributed by atoms with Crippen LogP contribution in [0.5, 0.6) is 0 Å². The largest absolute Gasteiger partial charge is 0.344 e. The van der Waals surface area contributed by atoms with Gasteiger partial charge in [0.2, 0.25) is 0 Å². The molecule has 2 heterocycles. The topological polar surface area (TPSA) is 41.7 Å². The lowest BCUT2D eigenvalue weighted by molar-refractivity contribution is 0.660. The molecule has 3 aliphatic rings. The number of hydrogen-bond donors (Lipinski definition) is 1. The van der Waals surface area contributed by atoms with E-state index in [1.165, 1.54) is 72.0 Å². The minimum atomic E-state index is -0.299. The van der Waals surface area contributed by atoms with Crippen molar-refractivity contribution in [3.63, 3.8) is 0 Å². The van der Waals surface area contributed by atoms with E-state index in [0.717, 1.165) is 63.5 Å². The summed E-state index contributed by atoms with van der Waals surface area (Å²) >= 11 is 0. The molecule has 0 amide bonds. The Bertz CT molecular complexity index is 3830. The van der Waals surface area contributed by atoms with Crippen molar-refractivity contribution in [3.8, 4) is 61.3 Å². The van der Waals surface area contributed by atoms with E-state index in [-0.39, 0.29) is 11.6 Å². The first kappa shape index (κ1) is 41.6. The molecule has 13 rings (SSSR count). The van der Waals surface area contributed by atoms with Gasteiger partial charge in [-0.3, -0.25) is 0 Å². The third-order valence-corrected chi connectivity index (χ3v) is 14.7. The Kier molecular flexibility index (Phi) is 10.0. The van der Waals surface area contributed by atoms with Gasteiger partial charge in [0, 0.05) is 27.4 Å². The van der Waals surface area contributed by atoms with Gasteiger partial charge < -0.3 is 9.88 Å². The summed E-state index contributed by atoms with van der Waals surface area (Å²) in [7, 11) is 0. The second kappa shape index (κ2) is 16.9.